The molecule has 1 heteroatoms. The summed E-state index contributed by atoms with van der Waals surface area (Å²) in [5.74, 6) is 0. The van der Waals surface area contributed by atoms with E-state index in [0.717, 1.165) is 19.3 Å². The maximum Gasteiger partial charge on any atom is 0.0409 e. The molecule has 0 saturated heterocycles. The Kier molecular flexibility index (Phi) is 16.2. The van der Waals surface area contributed by atoms with E-state index >= 15 is 0 Å². The first-order valence-corrected chi connectivity index (χ1v) is 13.5. The summed E-state index contributed by atoms with van der Waals surface area (Å²) in [4.78, 5) is 0. The second kappa shape index (κ2) is 17.8. The molecule has 0 spiro atoms. The first-order chi connectivity index (χ1) is 14.7. The van der Waals surface area contributed by atoms with Gasteiger partial charge >= 0.3 is 0 Å². The lowest BCUT2D eigenvalue weighted by molar-refractivity contribution is 0.370. The van der Waals surface area contributed by atoms with Crippen LogP contribution in [0.2, 0.25) is 0 Å². The molecule has 174 valence electrons. The van der Waals surface area contributed by atoms with Crippen molar-refractivity contribution in [2.45, 2.75) is 148 Å². The fourth-order valence-electron chi connectivity index (χ4n) is 4.80. The first-order valence-electron chi connectivity index (χ1n) is 13.5. The molecule has 1 aromatic rings. The van der Waals surface area contributed by atoms with E-state index in [-0.39, 0.29) is 5.54 Å². The van der Waals surface area contributed by atoms with Gasteiger partial charge in [0.2, 0.25) is 0 Å². The zero-order valence-corrected chi connectivity index (χ0v) is 20.8. The molecule has 0 saturated carbocycles. The second-order valence-corrected chi connectivity index (χ2v) is 9.57. The van der Waals surface area contributed by atoms with Crippen molar-refractivity contribution in [2.24, 2.45) is 5.73 Å². The molecule has 0 amide bonds. The van der Waals surface area contributed by atoms with E-state index in [1.165, 1.54) is 114 Å². The van der Waals surface area contributed by atoms with E-state index in [9.17, 15) is 0 Å². The van der Waals surface area contributed by atoms with Gasteiger partial charge in [0.25, 0.3) is 0 Å². The molecule has 0 heterocycles. The molecule has 1 atom stereocenters. The van der Waals surface area contributed by atoms with Crippen LogP contribution in [0.1, 0.15) is 147 Å². The van der Waals surface area contributed by atoms with Crippen molar-refractivity contribution in [3.8, 4) is 0 Å². The quantitative estimate of drug-likeness (QED) is 0.211. The van der Waals surface area contributed by atoms with Gasteiger partial charge in [-0.3, -0.25) is 0 Å². The molecule has 0 aliphatic heterocycles. The molecule has 2 N–H and O–H groups in total. The number of nitrogens with two attached hydrogens (primary N) is 1. The summed E-state index contributed by atoms with van der Waals surface area (Å²) in [6.45, 7) is 6.78. The molecule has 30 heavy (non-hydrogen) atoms. The van der Waals surface area contributed by atoms with Crippen molar-refractivity contribution in [2.75, 3.05) is 0 Å². The Bertz CT molecular complexity index is 509. The average Bonchev–Trinajstić information content (AvgIpc) is 2.78. The highest BCUT2D eigenvalue weighted by molar-refractivity contribution is 5.33. The van der Waals surface area contributed by atoms with Crippen LogP contribution < -0.4 is 5.73 Å². The van der Waals surface area contributed by atoms with Gasteiger partial charge in [-0.05, 0) is 30.4 Å². The highest BCUT2D eigenvalue weighted by Gasteiger charge is 2.26. The van der Waals surface area contributed by atoms with Gasteiger partial charge in [-0.2, -0.15) is 0 Å². The fraction of sp³-hybridized carbons (Fsp3) is 0.793. The predicted octanol–water partition coefficient (Wildman–Crippen LogP) is 9.46. The largest absolute Gasteiger partial charge is 0.321 e. The lowest BCUT2D eigenvalue weighted by atomic mass is 9.80. The summed E-state index contributed by atoms with van der Waals surface area (Å²) >= 11 is 0. The Morgan fingerprint density at radius 2 is 1.03 bits per heavy atom. The minimum absolute atomic E-state index is 0.136. The molecule has 0 fully saturated rings. The molecular weight excluding hydrogens is 362 g/mol. The third-order valence-electron chi connectivity index (χ3n) is 7.04. The van der Waals surface area contributed by atoms with Gasteiger partial charge in [-0.15, -0.1) is 0 Å². The Morgan fingerprint density at radius 1 is 0.600 bits per heavy atom. The Hall–Kier alpha value is -0.820. The summed E-state index contributed by atoms with van der Waals surface area (Å²) in [7, 11) is 0. The van der Waals surface area contributed by atoms with E-state index in [1.807, 2.05) is 0 Å². The molecule has 0 radical (unpaired) electrons. The Morgan fingerprint density at radius 3 is 1.47 bits per heavy atom. The predicted molar refractivity (Wildman–Crippen MR) is 136 cm³/mol. The topological polar surface area (TPSA) is 26.0 Å². The van der Waals surface area contributed by atoms with Gasteiger partial charge in [0.15, 0.2) is 0 Å². The minimum Gasteiger partial charge on any atom is -0.321 e. The van der Waals surface area contributed by atoms with E-state index in [1.54, 1.807) is 0 Å². The standard InChI is InChI=1S/C29H53N/c1-4-7-8-9-10-11-12-13-14-15-16-17-18-19-20-23-26-29(30,6-3)28-25-22-21-24-27(28)5-2/h21-22,24-25H,4-20,23,26,30H2,1-3H3. The highest BCUT2D eigenvalue weighted by atomic mass is 14.7. The summed E-state index contributed by atoms with van der Waals surface area (Å²) in [5, 5.41) is 0. The van der Waals surface area contributed by atoms with E-state index in [2.05, 4.69) is 45.0 Å². The van der Waals surface area contributed by atoms with Crippen molar-refractivity contribution < 1.29 is 0 Å². The van der Waals surface area contributed by atoms with Gasteiger partial charge in [0.05, 0.1) is 0 Å². The zero-order valence-electron chi connectivity index (χ0n) is 20.8. The summed E-state index contributed by atoms with van der Waals surface area (Å²) in [5.41, 5.74) is 9.53. The van der Waals surface area contributed by atoms with Crippen molar-refractivity contribution >= 4 is 0 Å². The lowest BCUT2D eigenvalue weighted by Gasteiger charge is -2.31. The number of benzene rings is 1. The van der Waals surface area contributed by atoms with Crippen LogP contribution in [0.15, 0.2) is 24.3 Å². The number of hydrogen-bond donors (Lipinski definition) is 1. The molecule has 1 unspecified atom stereocenters. The molecule has 1 aromatic carbocycles. The first kappa shape index (κ1) is 27.2. The highest BCUT2D eigenvalue weighted by Crippen LogP contribution is 2.31. The molecule has 0 bridgehead atoms. The Labute approximate surface area is 189 Å². The van der Waals surface area contributed by atoms with Crippen molar-refractivity contribution in [3.63, 3.8) is 0 Å². The monoisotopic (exact) mass is 415 g/mol. The van der Waals surface area contributed by atoms with E-state index in [4.69, 9.17) is 5.73 Å². The van der Waals surface area contributed by atoms with Crippen LogP contribution in [0.5, 0.6) is 0 Å². The number of rotatable bonds is 20. The van der Waals surface area contributed by atoms with Crippen LogP contribution in [0.25, 0.3) is 0 Å². The number of hydrogen-bond acceptors (Lipinski definition) is 1. The van der Waals surface area contributed by atoms with Crippen molar-refractivity contribution in [1.29, 1.82) is 0 Å². The molecular formula is C29H53N. The van der Waals surface area contributed by atoms with Gasteiger partial charge < -0.3 is 5.73 Å². The van der Waals surface area contributed by atoms with Crippen LogP contribution in [0, 0.1) is 0 Å². The van der Waals surface area contributed by atoms with Crippen LogP contribution in [0.3, 0.4) is 0 Å². The maximum atomic E-state index is 6.86. The molecule has 1 nitrogen and oxygen atoms in total. The fourth-order valence-corrected chi connectivity index (χ4v) is 4.80. The summed E-state index contributed by atoms with van der Waals surface area (Å²) in [6.07, 6.45) is 26.0. The van der Waals surface area contributed by atoms with Crippen LogP contribution in [0.4, 0.5) is 0 Å². The molecule has 0 aliphatic carbocycles. The number of unbranched alkanes of at least 4 members (excludes halogenated alkanes) is 15. The van der Waals surface area contributed by atoms with Gasteiger partial charge in [0.1, 0.15) is 0 Å². The van der Waals surface area contributed by atoms with E-state index < -0.39 is 0 Å². The van der Waals surface area contributed by atoms with E-state index in [0.29, 0.717) is 0 Å². The Balaban J connectivity index is 2.00. The molecule has 1 rings (SSSR count). The maximum absolute atomic E-state index is 6.86. The average molecular weight is 416 g/mol. The number of aryl methyl sites for hydroxylation is 1. The lowest BCUT2D eigenvalue weighted by Crippen LogP contribution is -2.37. The smallest absolute Gasteiger partial charge is 0.0409 e. The van der Waals surface area contributed by atoms with Crippen LogP contribution in [-0.2, 0) is 12.0 Å². The van der Waals surface area contributed by atoms with Gasteiger partial charge in [0, 0.05) is 5.54 Å². The van der Waals surface area contributed by atoms with Gasteiger partial charge in [-0.25, -0.2) is 0 Å². The SMILES string of the molecule is CCCCCCCCCCCCCCCCCCC(N)(CC)c1ccccc1CC. The second-order valence-electron chi connectivity index (χ2n) is 9.57. The third kappa shape index (κ3) is 11.5. The molecule has 0 aliphatic rings. The summed E-state index contributed by atoms with van der Waals surface area (Å²) < 4.78 is 0. The van der Waals surface area contributed by atoms with Gasteiger partial charge in [-0.1, -0.05) is 148 Å². The van der Waals surface area contributed by atoms with Crippen molar-refractivity contribution in [1.82, 2.24) is 0 Å². The summed E-state index contributed by atoms with van der Waals surface area (Å²) in [6, 6.07) is 8.81. The normalized spacial score (nSPS) is 13.5. The van der Waals surface area contributed by atoms with Crippen LogP contribution >= 0.6 is 0 Å². The zero-order chi connectivity index (χ0) is 21.9. The minimum atomic E-state index is -0.136. The van der Waals surface area contributed by atoms with Crippen molar-refractivity contribution in [3.05, 3.63) is 35.4 Å². The van der Waals surface area contributed by atoms with Crippen LogP contribution in [-0.4, -0.2) is 0 Å². The third-order valence-corrected chi connectivity index (χ3v) is 7.04. The molecule has 0 aromatic heterocycles.